The Kier molecular flexibility index (Phi) is 10.6. The summed E-state index contributed by atoms with van der Waals surface area (Å²) in [5.74, 6) is 2.24. The Morgan fingerprint density at radius 3 is 2.58 bits per heavy atom. The lowest BCUT2D eigenvalue weighted by atomic mass is 10.1. The standard InChI is InChI=1S/C18H30N4S.HI/c1-19-18(21-14-17-7-5-13-23-17)20-12-4-6-15-8-10-16(11-9-15)22(2)3;/h8-11,17H,4-7,12-14H2,1-3H3,(H2,19,20,21);1H. The Bertz CT molecular complexity index is 484. The monoisotopic (exact) mass is 462 g/mol. The maximum atomic E-state index is 4.30. The van der Waals surface area contributed by atoms with Gasteiger partial charge in [-0.3, -0.25) is 4.99 Å². The molecule has 136 valence electrons. The summed E-state index contributed by atoms with van der Waals surface area (Å²) in [5, 5.41) is 7.61. The van der Waals surface area contributed by atoms with E-state index in [0.717, 1.165) is 37.1 Å². The second-order valence-electron chi connectivity index (χ2n) is 6.18. The van der Waals surface area contributed by atoms with E-state index in [4.69, 9.17) is 0 Å². The van der Waals surface area contributed by atoms with E-state index in [1.807, 2.05) is 7.05 Å². The van der Waals surface area contributed by atoms with E-state index < -0.39 is 0 Å². The minimum atomic E-state index is 0. The number of aryl methyl sites for hydroxylation is 1. The summed E-state index contributed by atoms with van der Waals surface area (Å²) in [4.78, 5) is 6.43. The molecule has 0 radical (unpaired) electrons. The van der Waals surface area contributed by atoms with Gasteiger partial charge in [0.2, 0.25) is 0 Å². The van der Waals surface area contributed by atoms with Gasteiger partial charge in [0.05, 0.1) is 0 Å². The number of aliphatic imine (C=N–C) groups is 1. The predicted molar refractivity (Wildman–Crippen MR) is 119 cm³/mol. The van der Waals surface area contributed by atoms with Gasteiger partial charge in [-0.2, -0.15) is 11.8 Å². The molecule has 1 aromatic rings. The first-order chi connectivity index (χ1) is 11.2. The van der Waals surface area contributed by atoms with Gasteiger partial charge in [0.1, 0.15) is 0 Å². The molecule has 0 spiro atoms. The van der Waals surface area contributed by atoms with Crippen LogP contribution in [0.2, 0.25) is 0 Å². The molecule has 1 aromatic carbocycles. The molecule has 6 heteroatoms. The molecular formula is C18H31IN4S. The fraction of sp³-hybridized carbons (Fsp3) is 0.611. The molecule has 0 amide bonds. The van der Waals surface area contributed by atoms with Gasteiger partial charge in [-0.05, 0) is 49.1 Å². The van der Waals surface area contributed by atoms with Crippen LogP contribution in [0.3, 0.4) is 0 Å². The van der Waals surface area contributed by atoms with Crippen molar-refractivity contribution < 1.29 is 0 Å². The second-order valence-corrected chi connectivity index (χ2v) is 7.59. The minimum Gasteiger partial charge on any atom is -0.378 e. The van der Waals surface area contributed by atoms with Crippen molar-refractivity contribution in [3.8, 4) is 0 Å². The number of anilines is 1. The molecule has 2 rings (SSSR count). The molecule has 4 nitrogen and oxygen atoms in total. The maximum Gasteiger partial charge on any atom is 0.191 e. The van der Waals surface area contributed by atoms with Crippen molar-refractivity contribution in [2.75, 3.05) is 44.9 Å². The zero-order valence-electron chi connectivity index (χ0n) is 15.0. The summed E-state index contributed by atoms with van der Waals surface area (Å²) in [5.41, 5.74) is 2.64. The quantitative estimate of drug-likeness (QED) is 0.282. The second kappa shape index (κ2) is 11.8. The lowest BCUT2D eigenvalue weighted by Gasteiger charge is -2.15. The first kappa shape index (κ1) is 21.4. The molecule has 1 saturated heterocycles. The third kappa shape index (κ3) is 7.51. The largest absolute Gasteiger partial charge is 0.378 e. The van der Waals surface area contributed by atoms with Crippen LogP contribution in [0.15, 0.2) is 29.3 Å². The van der Waals surface area contributed by atoms with Gasteiger partial charge in [-0.1, -0.05) is 12.1 Å². The van der Waals surface area contributed by atoms with E-state index in [2.05, 4.69) is 70.6 Å². The zero-order chi connectivity index (χ0) is 16.5. The molecule has 1 fully saturated rings. The summed E-state index contributed by atoms with van der Waals surface area (Å²) in [6.07, 6.45) is 4.89. The molecule has 1 aliphatic rings. The van der Waals surface area contributed by atoms with Crippen molar-refractivity contribution in [2.45, 2.75) is 30.9 Å². The van der Waals surface area contributed by atoms with Gasteiger partial charge in [0.25, 0.3) is 0 Å². The van der Waals surface area contributed by atoms with E-state index in [9.17, 15) is 0 Å². The molecule has 0 aliphatic carbocycles. The van der Waals surface area contributed by atoms with Crippen LogP contribution in [0.4, 0.5) is 5.69 Å². The zero-order valence-corrected chi connectivity index (χ0v) is 18.2. The molecule has 0 saturated carbocycles. The number of rotatable bonds is 7. The number of benzene rings is 1. The number of nitrogens with zero attached hydrogens (tertiary/aromatic N) is 2. The SMILES string of the molecule is CN=C(NCCCc1ccc(N(C)C)cc1)NCC1CCCS1.I. The molecule has 24 heavy (non-hydrogen) atoms. The number of nitrogens with one attached hydrogen (secondary N) is 2. The topological polar surface area (TPSA) is 39.7 Å². The number of guanidine groups is 1. The predicted octanol–water partition coefficient (Wildman–Crippen LogP) is 3.36. The number of halogens is 1. The Hall–Kier alpha value is -0.630. The number of thioether (sulfide) groups is 1. The van der Waals surface area contributed by atoms with Crippen LogP contribution in [0.5, 0.6) is 0 Å². The van der Waals surface area contributed by atoms with Crippen LogP contribution in [0, 0.1) is 0 Å². The van der Waals surface area contributed by atoms with Gasteiger partial charge < -0.3 is 15.5 Å². The lowest BCUT2D eigenvalue weighted by Crippen LogP contribution is -2.40. The van der Waals surface area contributed by atoms with Crippen molar-refractivity contribution in [2.24, 2.45) is 4.99 Å². The average molecular weight is 462 g/mol. The summed E-state index contributed by atoms with van der Waals surface area (Å²) >= 11 is 2.07. The Balaban J connectivity index is 0.00000288. The van der Waals surface area contributed by atoms with Crippen molar-refractivity contribution in [3.05, 3.63) is 29.8 Å². The fourth-order valence-corrected chi connectivity index (χ4v) is 3.90. The highest BCUT2D eigenvalue weighted by atomic mass is 127. The van der Waals surface area contributed by atoms with Gasteiger partial charge in [0.15, 0.2) is 5.96 Å². The third-order valence-corrected chi connectivity index (χ3v) is 5.53. The van der Waals surface area contributed by atoms with E-state index in [-0.39, 0.29) is 24.0 Å². The normalized spacial score (nSPS) is 17.3. The molecule has 0 bridgehead atoms. The average Bonchev–Trinajstić information content (AvgIpc) is 3.08. The van der Waals surface area contributed by atoms with Crippen LogP contribution < -0.4 is 15.5 Å². The Morgan fingerprint density at radius 2 is 2.00 bits per heavy atom. The van der Waals surface area contributed by atoms with E-state index in [1.165, 1.54) is 29.8 Å². The van der Waals surface area contributed by atoms with Crippen molar-refractivity contribution in [1.82, 2.24) is 10.6 Å². The molecule has 1 unspecified atom stereocenters. The first-order valence-electron chi connectivity index (χ1n) is 8.51. The van der Waals surface area contributed by atoms with Crippen molar-refractivity contribution in [3.63, 3.8) is 0 Å². The highest BCUT2D eigenvalue weighted by molar-refractivity contribution is 14.0. The number of hydrogen-bond donors (Lipinski definition) is 2. The first-order valence-corrected chi connectivity index (χ1v) is 9.56. The third-order valence-electron chi connectivity index (χ3n) is 4.13. The summed E-state index contributed by atoms with van der Waals surface area (Å²) in [6, 6.07) is 8.81. The Morgan fingerprint density at radius 1 is 1.25 bits per heavy atom. The van der Waals surface area contributed by atoms with Gasteiger partial charge in [-0.25, -0.2) is 0 Å². The van der Waals surface area contributed by atoms with Crippen molar-refractivity contribution >= 4 is 47.4 Å². The van der Waals surface area contributed by atoms with Crippen LogP contribution >= 0.6 is 35.7 Å². The van der Waals surface area contributed by atoms with Crippen LogP contribution in [-0.2, 0) is 6.42 Å². The molecule has 0 aromatic heterocycles. The van der Waals surface area contributed by atoms with E-state index in [1.54, 1.807) is 0 Å². The smallest absolute Gasteiger partial charge is 0.191 e. The van der Waals surface area contributed by atoms with Crippen LogP contribution in [0.1, 0.15) is 24.8 Å². The molecule has 1 aliphatic heterocycles. The lowest BCUT2D eigenvalue weighted by molar-refractivity contribution is 0.710. The highest BCUT2D eigenvalue weighted by Gasteiger charge is 2.15. The molecule has 2 N–H and O–H groups in total. The van der Waals surface area contributed by atoms with E-state index in [0.29, 0.717) is 0 Å². The Labute approximate surface area is 168 Å². The highest BCUT2D eigenvalue weighted by Crippen LogP contribution is 2.25. The van der Waals surface area contributed by atoms with Crippen LogP contribution in [-0.4, -0.2) is 51.2 Å². The van der Waals surface area contributed by atoms with Crippen molar-refractivity contribution in [1.29, 1.82) is 0 Å². The van der Waals surface area contributed by atoms with Crippen LogP contribution in [0.25, 0.3) is 0 Å². The van der Waals surface area contributed by atoms with Gasteiger partial charge in [-0.15, -0.1) is 24.0 Å². The molecule has 1 heterocycles. The maximum absolute atomic E-state index is 4.30. The summed E-state index contributed by atoms with van der Waals surface area (Å²) in [6.45, 7) is 1.98. The fourth-order valence-electron chi connectivity index (χ4n) is 2.70. The van der Waals surface area contributed by atoms with Gasteiger partial charge in [0, 0.05) is 45.2 Å². The molecular weight excluding hydrogens is 431 g/mol. The number of hydrogen-bond acceptors (Lipinski definition) is 3. The summed E-state index contributed by atoms with van der Waals surface area (Å²) < 4.78 is 0. The molecule has 1 atom stereocenters. The minimum absolute atomic E-state index is 0. The summed E-state index contributed by atoms with van der Waals surface area (Å²) in [7, 11) is 5.99. The van der Waals surface area contributed by atoms with E-state index >= 15 is 0 Å². The van der Waals surface area contributed by atoms with Gasteiger partial charge >= 0.3 is 0 Å².